The van der Waals surface area contributed by atoms with Crippen molar-refractivity contribution in [2.75, 3.05) is 6.61 Å². The average Bonchev–Trinajstić information content (AvgIpc) is 3.24. The molecule has 1 unspecified atom stereocenters. The number of aromatic nitrogens is 1. The van der Waals surface area contributed by atoms with Gasteiger partial charge in [0, 0.05) is 23.5 Å². The Morgan fingerprint density at radius 1 is 1.03 bits per heavy atom. The van der Waals surface area contributed by atoms with Crippen LogP contribution >= 0.6 is 0 Å². The van der Waals surface area contributed by atoms with Crippen LogP contribution in [0.2, 0.25) is 0 Å². The summed E-state index contributed by atoms with van der Waals surface area (Å²) in [5, 5.41) is 32.7. The summed E-state index contributed by atoms with van der Waals surface area (Å²) in [4.78, 5) is 12.2. The molecule has 0 fully saturated rings. The van der Waals surface area contributed by atoms with Crippen molar-refractivity contribution in [3.8, 4) is 11.5 Å². The summed E-state index contributed by atoms with van der Waals surface area (Å²) in [6, 6.07) is 17.1. The maximum Gasteiger partial charge on any atom is 0.338 e. The second kappa shape index (κ2) is 11.9. The number of carbonyl (C=O) groups is 1. The number of aryl methyl sites for hydroxylation is 1. The lowest BCUT2D eigenvalue weighted by molar-refractivity contribution is 0.0259. The molecule has 3 N–H and O–H groups in total. The van der Waals surface area contributed by atoms with E-state index >= 15 is 0 Å². The summed E-state index contributed by atoms with van der Waals surface area (Å²) in [6.45, 7) is 1.46. The van der Waals surface area contributed by atoms with Gasteiger partial charge < -0.3 is 24.6 Å². The summed E-state index contributed by atoms with van der Waals surface area (Å²) in [6.07, 6.45) is 3.77. The van der Waals surface area contributed by atoms with Crippen molar-refractivity contribution in [3.63, 3.8) is 0 Å². The number of phenols is 2. The number of fused-ring (bicyclic) bond motifs is 1. The van der Waals surface area contributed by atoms with Crippen LogP contribution in [0.3, 0.4) is 0 Å². The number of hydrogen-bond acceptors (Lipinski definition) is 5. The maximum absolute atomic E-state index is 13.4. The fraction of sp³-hybridized carbons (Fsp3) is 0.300. The second-order valence-electron chi connectivity index (χ2n) is 9.31. The molecule has 6 nitrogen and oxygen atoms in total. The van der Waals surface area contributed by atoms with Crippen LogP contribution in [0.4, 0.5) is 4.39 Å². The molecule has 0 saturated carbocycles. The molecular formula is C30H32FNO5. The topological polar surface area (TPSA) is 91.9 Å². The quantitative estimate of drug-likeness (QED) is 0.228. The Balaban J connectivity index is 1.56. The number of phenolic OH excluding ortho intramolecular Hbond substituents is 2. The number of hydrogen-bond donors (Lipinski definition) is 3. The van der Waals surface area contributed by atoms with Crippen molar-refractivity contribution in [1.29, 1.82) is 0 Å². The van der Waals surface area contributed by atoms with Crippen LogP contribution in [-0.2, 0) is 30.8 Å². The van der Waals surface area contributed by atoms with E-state index in [0.29, 0.717) is 16.7 Å². The minimum absolute atomic E-state index is 0.0164. The lowest BCUT2D eigenvalue weighted by Gasteiger charge is -2.12. The highest BCUT2D eigenvalue weighted by atomic mass is 19.1. The summed E-state index contributed by atoms with van der Waals surface area (Å²) < 4.78 is 20.6. The molecule has 1 aromatic heterocycles. The van der Waals surface area contributed by atoms with E-state index in [1.165, 1.54) is 0 Å². The van der Waals surface area contributed by atoms with Crippen molar-refractivity contribution >= 4 is 16.9 Å². The number of halogens is 1. The standard InChI is InChI=1S/C30H32FNO5/c1-2-3-7-20-13-28(34)26(29(35)14-20)18-32-17-23(25-12-21(16-31)10-11-27(25)32)15-24(33)19-37-30(36)22-8-5-4-6-9-22/h4-6,8-14,17,24,33-35H,2-3,7,15-16,18-19H2,1H3. The van der Waals surface area contributed by atoms with E-state index in [0.717, 1.165) is 41.3 Å². The van der Waals surface area contributed by atoms with Gasteiger partial charge in [0.1, 0.15) is 24.8 Å². The first kappa shape index (κ1) is 26.2. The number of benzene rings is 3. The number of rotatable bonds is 11. The van der Waals surface area contributed by atoms with Gasteiger partial charge in [-0.25, -0.2) is 9.18 Å². The molecule has 0 radical (unpaired) electrons. The first-order valence-electron chi connectivity index (χ1n) is 12.5. The Hall–Kier alpha value is -3.84. The molecule has 0 amide bonds. The van der Waals surface area contributed by atoms with E-state index in [2.05, 4.69) is 6.92 Å². The molecule has 1 heterocycles. The third-order valence-electron chi connectivity index (χ3n) is 6.46. The number of ether oxygens (including phenoxy) is 1. The van der Waals surface area contributed by atoms with Gasteiger partial charge in [-0.05, 0) is 65.9 Å². The van der Waals surface area contributed by atoms with Crippen LogP contribution in [0, 0.1) is 0 Å². The molecule has 0 spiro atoms. The van der Waals surface area contributed by atoms with Gasteiger partial charge in [0.25, 0.3) is 0 Å². The summed E-state index contributed by atoms with van der Waals surface area (Å²) in [5.41, 5.74) is 3.68. The van der Waals surface area contributed by atoms with Crippen molar-refractivity contribution in [2.24, 2.45) is 0 Å². The second-order valence-corrected chi connectivity index (χ2v) is 9.31. The number of carbonyl (C=O) groups excluding carboxylic acids is 1. The van der Waals surface area contributed by atoms with E-state index in [1.807, 2.05) is 10.8 Å². The molecule has 0 aliphatic heterocycles. The zero-order valence-electron chi connectivity index (χ0n) is 20.9. The molecule has 0 aliphatic carbocycles. The number of aromatic hydroxyl groups is 2. The third kappa shape index (κ3) is 6.30. The SMILES string of the molecule is CCCCc1cc(O)c(Cn2cc(CC(O)COC(=O)c3ccccc3)c3cc(CF)ccc32)c(O)c1. The average molecular weight is 506 g/mol. The molecular weight excluding hydrogens is 473 g/mol. The molecule has 3 aromatic carbocycles. The predicted octanol–water partition coefficient (Wildman–Crippen LogP) is 5.67. The lowest BCUT2D eigenvalue weighted by Crippen LogP contribution is -2.21. The van der Waals surface area contributed by atoms with Crippen LogP contribution in [0.5, 0.6) is 11.5 Å². The number of alkyl halides is 1. The van der Waals surface area contributed by atoms with Crippen LogP contribution < -0.4 is 0 Å². The number of esters is 1. The molecule has 7 heteroatoms. The fourth-order valence-electron chi connectivity index (χ4n) is 4.49. The molecule has 1 atom stereocenters. The Kier molecular flexibility index (Phi) is 8.46. The molecule has 0 bridgehead atoms. The lowest BCUT2D eigenvalue weighted by atomic mass is 10.0. The highest BCUT2D eigenvalue weighted by Crippen LogP contribution is 2.33. The van der Waals surface area contributed by atoms with Gasteiger partial charge in [0.15, 0.2) is 0 Å². The smallest absolute Gasteiger partial charge is 0.338 e. The van der Waals surface area contributed by atoms with Gasteiger partial charge >= 0.3 is 5.97 Å². The van der Waals surface area contributed by atoms with E-state index in [1.54, 1.807) is 60.7 Å². The van der Waals surface area contributed by atoms with Gasteiger partial charge in [-0.15, -0.1) is 0 Å². The molecule has 4 rings (SSSR count). The van der Waals surface area contributed by atoms with Crippen LogP contribution in [-0.4, -0.2) is 38.6 Å². The van der Waals surface area contributed by atoms with E-state index in [9.17, 15) is 24.5 Å². The maximum atomic E-state index is 13.4. The Morgan fingerprint density at radius 2 is 1.76 bits per heavy atom. The molecule has 0 aliphatic rings. The van der Waals surface area contributed by atoms with Crippen LogP contribution in [0.25, 0.3) is 10.9 Å². The molecule has 194 valence electrons. The van der Waals surface area contributed by atoms with Gasteiger partial charge in [-0.3, -0.25) is 0 Å². The summed E-state index contributed by atoms with van der Waals surface area (Å²) >= 11 is 0. The number of unbranched alkanes of at least 4 members (excludes halogenated alkanes) is 1. The zero-order chi connectivity index (χ0) is 26.4. The minimum Gasteiger partial charge on any atom is -0.507 e. The highest BCUT2D eigenvalue weighted by Gasteiger charge is 2.18. The molecule has 4 aromatic rings. The van der Waals surface area contributed by atoms with E-state index < -0.39 is 18.7 Å². The van der Waals surface area contributed by atoms with Gasteiger partial charge in [-0.1, -0.05) is 37.6 Å². The fourth-order valence-corrected chi connectivity index (χ4v) is 4.49. The van der Waals surface area contributed by atoms with Crippen molar-refractivity contribution in [2.45, 2.75) is 51.9 Å². The number of nitrogens with zero attached hydrogens (tertiary/aromatic N) is 1. The monoisotopic (exact) mass is 505 g/mol. The Bertz CT molecular complexity index is 1340. The third-order valence-corrected chi connectivity index (χ3v) is 6.46. The number of aliphatic hydroxyl groups excluding tert-OH is 1. The summed E-state index contributed by atoms with van der Waals surface area (Å²) in [5.74, 6) is -0.486. The van der Waals surface area contributed by atoms with Crippen molar-refractivity contribution < 1.29 is 29.2 Å². The minimum atomic E-state index is -0.972. The molecule has 0 saturated heterocycles. The normalized spacial score (nSPS) is 12.1. The van der Waals surface area contributed by atoms with Gasteiger partial charge in [0.05, 0.1) is 23.8 Å². The number of aliphatic hydroxyl groups is 1. The first-order chi connectivity index (χ1) is 17.9. The van der Waals surface area contributed by atoms with Crippen molar-refractivity contribution in [1.82, 2.24) is 4.57 Å². The van der Waals surface area contributed by atoms with E-state index in [-0.39, 0.29) is 31.1 Å². The first-order valence-corrected chi connectivity index (χ1v) is 12.5. The Labute approximate surface area is 215 Å². The largest absolute Gasteiger partial charge is 0.507 e. The van der Waals surface area contributed by atoms with Crippen molar-refractivity contribution in [3.05, 3.63) is 94.7 Å². The van der Waals surface area contributed by atoms with E-state index in [4.69, 9.17) is 4.74 Å². The van der Waals surface area contributed by atoms with Crippen LogP contribution in [0.15, 0.2) is 66.9 Å². The summed E-state index contributed by atoms with van der Waals surface area (Å²) in [7, 11) is 0. The van der Waals surface area contributed by atoms with Crippen LogP contribution in [0.1, 0.15) is 52.4 Å². The highest BCUT2D eigenvalue weighted by molar-refractivity contribution is 5.89. The van der Waals surface area contributed by atoms with Gasteiger partial charge in [-0.2, -0.15) is 0 Å². The zero-order valence-corrected chi connectivity index (χ0v) is 20.9. The van der Waals surface area contributed by atoms with Gasteiger partial charge in [0.2, 0.25) is 0 Å². The Morgan fingerprint density at radius 3 is 2.43 bits per heavy atom. The predicted molar refractivity (Wildman–Crippen MR) is 141 cm³/mol. The molecule has 37 heavy (non-hydrogen) atoms.